The van der Waals surface area contributed by atoms with E-state index in [1.165, 1.54) is 0 Å². The predicted molar refractivity (Wildman–Crippen MR) is 66.1 cm³/mol. The average Bonchev–Trinajstić information content (AvgIpc) is 2.13. The molecule has 0 aromatic carbocycles. The highest BCUT2D eigenvalue weighted by molar-refractivity contribution is 5.76. The molecule has 0 aromatic rings. The SMILES string of the molecule is COC(C)(C)CC(=O)NCC(N)CC(C)C. The third-order valence-corrected chi connectivity index (χ3v) is 2.47. The van der Waals surface area contributed by atoms with Crippen LogP contribution in [0.2, 0.25) is 0 Å². The summed E-state index contributed by atoms with van der Waals surface area (Å²) < 4.78 is 5.19. The molecule has 4 nitrogen and oxygen atoms in total. The van der Waals surface area contributed by atoms with E-state index in [9.17, 15) is 4.79 Å². The summed E-state index contributed by atoms with van der Waals surface area (Å²) in [6, 6.07) is 0.0367. The number of ether oxygens (including phenoxy) is 1. The molecule has 0 aliphatic carbocycles. The summed E-state index contributed by atoms with van der Waals surface area (Å²) in [5.41, 5.74) is 5.46. The molecule has 0 aliphatic rings. The fraction of sp³-hybridized carbons (Fsp3) is 0.917. The van der Waals surface area contributed by atoms with Gasteiger partial charge in [0.2, 0.25) is 5.91 Å². The van der Waals surface area contributed by atoms with Crippen molar-refractivity contribution < 1.29 is 9.53 Å². The van der Waals surface area contributed by atoms with Gasteiger partial charge in [0.05, 0.1) is 12.0 Å². The van der Waals surface area contributed by atoms with E-state index in [1.807, 2.05) is 13.8 Å². The molecule has 1 unspecified atom stereocenters. The van der Waals surface area contributed by atoms with Crippen molar-refractivity contribution in [2.75, 3.05) is 13.7 Å². The molecule has 0 radical (unpaired) electrons. The fourth-order valence-electron chi connectivity index (χ4n) is 1.46. The third-order valence-electron chi connectivity index (χ3n) is 2.47. The minimum Gasteiger partial charge on any atom is -0.378 e. The van der Waals surface area contributed by atoms with Crippen molar-refractivity contribution in [1.82, 2.24) is 5.32 Å². The van der Waals surface area contributed by atoms with Gasteiger partial charge < -0.3 is 15.8 Å². The Morgan fingerprint density at radius 3 is 2.44 bits per heavy atom. The van der Waals surface area contributed by atoms with Crippen LogP contribution in [0.1, 0.15) is 40.5 Å². The largest absolute Gasteiger partial charge is 0.378 e. The Bertz CT molecular complexity index is 215. The number of nitrogens with one attached hydrogen (secondary N) is 1. The zero-order valence-electron chi connectivity index (χ0n) is 11.2. The first-order valence-corrected chi connectivity index (χ1v) is 5.84. The second-order valence-corrected chi connectivity index (χ2v) is 5.33. The topological polar surface area (TPSA) is 64.3 Å². The van der Waals surface area contributed by atoms with E-state index in [0.29, 0.717) is 18.9 Å². The quantitative estimate of drug-likeness (QED) is 0.692. The summed E-state index contributed by atoms with van der Waals surface area (Å²) in [5.74, 6) is 0.549. The maximum Gasteiger partial charge on any atom is 0.222 e. The molecule has 1 atom stereocenters. The molecule has 16 heavy (non-hydrogen) atoms. The Morgan fingerprint density at radius 1 is 1.44 bits per heavy atom. The lowest BCUT2D eigenvalue weighted by Gasteiger charge is -2.22. The molecule has 0 bridgehead atoms. The molecule has 0 spiro atoms. The van der Waals surface area contributed by atoms with Gasteiger partial charge in [-0.25, -0.2) is 0 Å². The Hall–Kier alpha value is -0.610. The van der Waals surface area contributed by atoms with Gasteiger partial charge in [-0.3, -0.25) is 4.79 Å². The zero-order chi connectivity index (χ0) is 12.8. The van der Waals surface area contributed by atoms with Gasteiger partial charge in [0.1, 0.15) is 0 Å². The first-order chi connectivity index (χ1) is 7.26. The molecule has 0 saturated heterocycles. The molecule has 4 heteroatoms. The Morgan fingerprint density at radius 2 is 2.00 bits per heavy atom. The normalized spacial score (nSPS) is 13.9. The van der Waals surface area contributed by atoms with E-state index in [-0.39, 0.29) is 11.9 Å². The fourth-order valence-corrected chi connectivity index (χ4v) is 1.46. The van der Waals surface area contributed by atoms with Crippen molar-refractivity contribution in [1.29, 1.82) is 0 Å². The smallest absolute Gasteiger partial charge is 0.222 e. The van der Waals surface area contributed by atoms with Gasteiger partial charge in [-0.15, -0.1) is 0 Å². The molecule has 0 fully saturated rings. The summed E-state index contributed by atoms with van der Waals surface area (Å²) in [6.45, 7) is 8.56. The lowest BCUT2D eigenvalue weighted by molar-refractivity contribution is -0.126. The lowest BCUT2D eigenvalue weighted by Crippen LogP contribution is -2.40. The number of rotatable bonds is 7. The van der Waals surface area contributed by atoms with Crippen molar-refractivity contribution in [3.05, 3.63) is 0 Å². The van der Waals surface area contributed by atoms with Crippen LogP contribution in [0.15, 0.2) is 0 Å². The summed E-state index contributed by atoms with van der Waals surface area (Å²) in [5, 5.41) is 2.83. The van der Waals surface area contributed by atoms with Crippen molar-refractivity contribution in [3.63, 3.8) is 0 Å². The minimum atomic E-state index is -0.410. The molecular weight excluding hydrogens is 204 g/mol. The summed E-state index contributed by atoms with van der Waals surface area (Å²) in [6.07, 6.45) is 1.28. The molecule has 0 aromatic heterocycles. The van der Waals surface area contributed by atoms with Crippen LogP contribution in [-0.4, -0.2) is 31.2 Å². The maximum absolute atomic E-state index is 11.6. The Labute approximate surface area is 98.9 Å². The molecule has 3 N–H and O–H groups in total. The van der Waals surface area contributed by atoms with Gasteiger partial charge in [0, 0.05) is 19.7 Å². The van der Waals surface area contributed by atoms with Gasteiger partial charge in [-0.05, 0) is 26.2 Å². The highest BCUT2D eigenvalue weighted by Crippen LogP contribution is 2.12. The number of hydrogen-bond acceptors (Lipinski definition) is 3. The standard InChI is InChI=1S/C12H26N2O2/c1-9(2)6-10(13)8-14-11(15)7-12(3,4)16-5/h9-10H,6-8,13H2,1-5H3,(H,14,15). The summed E-state index contributed by atoms with van der Waals surface area (Å²) in [4.78, 5) is 11.6. The van der Waals surface area contributed by atoms with E-state index < -0.39 is 5.60 Å². The van der Waals surface area contributed by atoms with Crippen LogP contribution >= 0.6 is 0 Å². The molecule has 0 heterocycles. The second kappa shape index (κ2) is 6.86. The van der Waals surface area contributed by atoms with E-state index >= 15 is 0 Å². The van der Waals surface area contributed by atoms with Gasteiger partial charge >= 0.3 is 0 Å². The zero-order valence-corrected chi connectivity index (χ0v) is 11.2. The third kappa shape index (κ3) is 7.65. The van der Waals surface area contributed by atoms with E-state index in [4.69, 9.17) is 10.5 Å². The van der Waals surface area contributed by atoms with E-state index in [0.717, 1.165) is 6.42 Å². The van der Waals surface area contributed by atoms with E-state index in [2.05, 4.69) is 19.2 Å². The first kappa shape index (κ1) is 15.4. The lowest BCUT2D eigenvalue weighted by atomic mass is 10.0. The van der Waals surface area contributed by atoms with Gasteiger partial charge in [-0.2, -0.15) is 0 Å². The van der Waals surface area contributed by atoms with E-state index in [1.54, 1.807) is 7.11 Å². The Balaban J connectivity index is 3.81. The maximum atomic E-state index is 11.6. The number of hydrogen-bond donors (Lipinski definition) is 2. The number of carbonyl (C=O) groups is 1. The van der Waals surface area contributed by atoms with Crippen LogP contribution in [-0.2, 0) is 9.53 Å². The number of nitrogens with two attached hydrogens (primary N) is 1. The molecule has 1 amide bonds. The van der Waals surface area contributed by atoms with Crippen LogP contribution in [0.4, 0.5) is 0 Å². The molecular formula is C12H26N2O2. The number of methoxy groups -OCH3 is 1. The van der Waals surface area contributed by atoms with Crippen molar-refractivity contribution in [2.24, 2.45) is 11.7 Å². The summed E-state index contributed by atoms with van der Waals surface area (Å²) >= 11 is 0. The van der Waals surface area contributed by atoms with Crippen LogP contribution in [0.25, 0.3) is 0 Å². The first-order valence-electron chi connectivity index (χ1n) is 5.84. The number of amides is 1. The van der Waals surface area contributed by atoms with Gasteiger partial charge in [0.25, 0.3) is 0 Å². The number of carbonyl (C=O) groups excluding carboxylic acids is 1. The Kier molecular flexibility index (Phi) is 6.60. The molecule has 0 rings (SSSR count). The van der Waals surface area contributed by atoms with Crippen molar-refractivity contribution >= 4 is 5.91 Å². The van der Waals surface area contributed by atoms with Crippen molar-refractivity contribution in [2.45, 2.75) is 52.2 Å². The van der Waals surface area contributed by atoms with Crippen LogP contribution in [0.3, 0.4) is 0 Å². The highest BCUT2D eigenvalue weighted by Gasteiger charge is 2.21. The predicted octanol–water partition coefficient (Wildman–Crippen LogP) is 1.29. The van der Waals surface area contributed by atoms with Gasteiger partial charge in [-0.1, -0.05) is 13.8 Å². The molecule has 96 valence electrons. The monoisotopic (exact) mass is 230 g/mol. The average molecular weight is 230 g/mol. The highest BCUT2D eigenvalue weighted by atomic mass is 16.5. The van der Waals surface area contributed by atoms with Crippen LogP contribution in [0, 0.1) is 5.92 Å². The molecule has 0 saturated carbocycles. The van der Waals surface area contributed by atoms with Gasteiger partial charge in [0.15, 0.2) is 0 Å². The summed E-state index contributed by atoms with van der Waals surface area (Å²) in [7, 11) is 1.61. The van der Waals surface area contributed by atoms with Crippen LogP contribution < -0.4 is 11.1 Å². The van der Waals surface area contributed by atoms with Crippen molar-refractivity contribution in [3.8, 4) is 0 Å². The molecule has 0 aliphatic heterocycles. The second-order valence-electron chi connectivity index (χ2n) is 5.33. The van der Waals surface area contributed by atoms with Crippen LogP contribution in [0.5, 0.6) is 0 Å². The minimum absolute atomic E-state index is 0.00828.